The maximum Gasteiger partial charge on any atom is 0.347 e. The van der Waals surface area contributed by atoms with Gasteiger partial charge in [0.2, 0.25) is 0 Å². The first-order valence-corrected chi connectivity index (χ1v) is 6.89. The molecule has 20 heavy (non-hydrogen) atoms. The summed E-state index contributed by atoms with van der Waals surface area (Å²) in [5.74, 6) is -0.425. The van der Waals surface area contributed by atoms with Crippen LogP contribution in [0.4, 0.5) is 0 Å². The van der Waals surface area contributed by atoms with Gasteiger partial charge in [-0.25, -0.2) is 4.79 Å². The van der Waals surface area contributed by atoms with Crippen LogP contribution in [0.25, 0.3) is 0 Å². The maximum atomic E-state index is 12.1. The van der Waals surface area contributed by atoms with Crippen LogP contribution in [0.2, 0.25) is 0 Å². The van der Waals surface area contributed by atoms with Crippen LogP contribution in [-0.4, -0.2) is 11.9 Å². The van der Waals surface area contributed by atoms with Gasteiger partial charge < -0.3 is 9.47 Å². The second-order valence-corrected chi connectivity index (χ2v) is 5.18. The molecule has 0 aliphatic heterocycles. The maximum absolute atomic E-state index is 12.1. The summed E-state index contributed by atoms with van der Waals surface area (Å²) in [6, 6.07) is 13.5. The Bertz CT molecular complexity index is 635. The van der Waals surface area contributed by atoms with Gasteiger partial charge in [-0.1, -0.05) is 12.1 Å². The number of carbonyl (C=O) groups excluding carboxylic acids is 2. The first kappa shape index (κ1) is 14.5. The molecular formula is C15H11IO4. The Morgan fingerprint density at radius 1 is 0.950 bits per heavy atom. The molecular weight excluding hydrogens is 371 g/mol. The van der Waals surface area contributed by atoms with Crippen molar-refractivity contribution in [3.63, 3.8) is 0 Å². The molecule has 2 rings (SSSR count). The summed E-state index contributed by atoms with van der Waals surface area (Å²) in [6.45, 7) is 1.28. The molecule has 0 saturated carbocycles. The predicted molar refractivity (Wildman–Crippen MR) is 81.9 cm³/mol. The predicted octanol–water partition coefficient (Wildman–Crippen LogP) is 3.44. The summed E-state index contributed by atoms with van der Waals surface area (Å²) in [5.41, 5.74) is 0.209. The normalized spacial score (nSPS) is 9.90. The number of ether oxygens (including phenoxy) is 2. The standard InChI is InChI=1S/C15H11IO4/c1-10(17)19-14-5-3-2-4-13(14)15(18)20-12-8-6-11(16)7-9-12/h2-9H,1H3. The quantitative estimate of drug-likeness (QED) is 0.464. The highest BCUT2D eigenvalue weighted by molar-refractivity contribution is 14.1. The van der Waals surface area contributed by atoms with Gasteiger partial charge in [0.15, 0.2) is 0 Å². The fourth-order valence-corrected chi connectivity index (χ4v) is 1.90. The molecule has 0 spiro atoms. The average Bonchev–Trinajstić information content (AvgIpc) is 2.41. The van der Waals surface area contributed by atoms with Crippen molar-refractivity contribution in [1.29, 1.82) is 0 Å². The summed E-state index contributed by atoms with van der Waals surface area (Å²) in [7, 11) is 0. The number of hydrogen-bond donors (Lipinski definition) is 0. The van der Waals surface area contributed by atoms with Crippen LogP contribution in [0, 0.1) is 3.57 Å². The number of carbonyl (C=O) groups is 2. The van der Waals surface area contributed by atoms with Crippen molar-refractivity contribution in [2.45, 2.75) is 6.92 Å². The average molecular weight is 382 g/mol. The van der Waals surface area contributed by atoms with Gasteiger partial charge >= 0.3 is 11.9 Å². The summed E-state index contributed by atoms with van der Waals surface area (Å²) in [6.07, 6.45) is 0. The third-order valence-electron chi connectivity index (χ3n) is 2.38. The van der Waals surface area contributed by atoms with E-state index in [1.165, 1.54) is 6.92 Å². The smallest absolute Gasteiger partial charge is 0.347 e. The van der Waals surface area contributed by atoms with Crippen molar-refractivity contribution in [3.8, 4) is 11.5 Å². The van der Waals surface area contributed by atoms with Gasteiger partial charge in [0.05, 0.1) is 0 Å². The van der Waals surface area contributed by atoms with Gasteiger partial charge in [-0.15, -0.1) is 0 Å². The van der Waals surface area contributed by atoms with E-state index in [0.29, 0.717) is 5.75 Å². The van der Waals surface area contributed by atoms with Gasteiger partial charge in [0.1, 0.15) is 17.1 Å². The van der Waals surface area contributed by atoms with Crippen LogP contribution in [0.3, 0.4) is 0 Å². The minimum atomic E-state index is -0.567. The van der Waals surface area contributed by atoms with Crippen molar-refractivity contribution in [2.24, 2.45) is 0 Å². The minimum absolute atomic E-state index is 0.190. The van der Waals surface area contributed by atoms with Crippen LogP contribution >= 0.6 is 22.6 Å². The molecule has 2 aromatic rings. The number of benzene rings is 2. The molecule has 0 amide bonds. The van der Waals surface area contributed by atoms with Crippen molar-refractivity contribution in [2.75, 3.05) is 0 Å². The van der Waals surface area contributed by atoms with E-state index in [9.17, 15) is 9.59 Å². The van der Waals surface area contributed by atoms with Crippen molar-refractivity contribution in [3.05, 3.63) is 57.7 Å². The monoisotopic (exact) mass is 382 g/mol. The molecule has 0 N–H and O–H groups in total. The molecule has 5 heteroatoms. The SMILES string of the molecule is CC(=O)Oc1ccccc1C(=O)Oc1ccc(I)cc1. The molecule has 0 aliphatic carbocycles. The van der Waals surface area contributed by atoms with Gasteiger partial charge in [-0.2, -0.15) is 0 Å². The van der Waals surface area contributed by atoms with Crippen LogP contribution in [0.5, 0.6) is 11.5 Å². The second-order valence-electron chi connectivity index (χ2n) is 3.93. The van der Waals surface area contributed by atoms with Crippen LogP contribution in [0.15, 0.2) is 48.5 Å². The Hall–Kier alpha value is -1.89. The van der Waals surface area contributed by atoms with E-state index in [1.807, 2.05) is 12.1 Å². The fourth-order valence-electron chi connectivity index (χ4n) is 1.54. The topological polar surface area (TPSA) is 52.6 Å². The molecule has 0 radical (unpaired) electrons. The number of hydrogen-bond acceptors (Lipinski definition) is 4. The Kier molecular flexibility index (Phi) is 4.73. The first-order valence-electron chi connectivity index (χ1n) is 5.81. The van der Waals surface area contributed by atoms with Crippen molar-refractivity contribution in [1.82, 2.24) is 0 Å². The number of para-hydroxylation sites is 1. The van der Waals surface area contributed by atoms with Crippen LogP contribution < -0.4 is 9.47 Å². The Balaban J connectivity index is 2.20. The molecule has 0 aliphatic rings. The third-order valence-corrected chi connectivity index (χ3v) is 3.10. The minimum Gasteiger partial charge on any atom is -0.426 e. The van der Waals surface area contributed by atoms with E-state index in [4.69, 9.17) is 9.47 Å². The lowest BCUT2D eigenvalue weighted by atomic mass is 10.2. The van der Waals surface area contributed by atoms with E-state index < -0.39 is 11.9 Å². The summed E-state index contributed by atoms with van der Waals surface area (Å²) in [5, 5.41) is 0. The molecule has 0 fully saturated rings. The number of rotatable bonds is 3. The van der Waals surface area contributed by atoms with Gasteiger partial charge in [-0.3, -0.25) is 4.79 Å². The highest BCUT2D eigenvalue weighted by atomic mass is 127. The van der Waals surface area contributed by atoms with E-state index >= 15 is 0 Å². The van der Waals surface area contributed by atoms with E-state index in [0.717, 1.165) is 3.57 Å². The van der Waals surface area contributed by atoms with Crippen molar-refractivity contribution < 1.29 is 19.1 Å². The number of halogens is 1. The molecule has 2 aromatic carbocycles. The first-order chi connectivity index (χ1) is 9.56. The Morgan fingerprint density at radius 2 is 1.60 bits per heavy atom. The molecule has 0 unspecified atom stereocenters. The van der Waals surface area contributed by atoms with E-state index in [-0.39, 0.29) is 11.3 Å². The van der Waals surface area contributed by atoms with Crippen LogP contribution in [-0.2, 0) is 4.79 Å². The van der Waals surface area contributed by atoms with E-state index in [1.54, 1.807) is 36.4 Å². The largest absolute Gasteiger partial charge is 0.426 e. The zero-order chi connectivity index (χ0) is 14.5. The summed E-state index contributed by atoms with van der Waals surface area (Å²) in [4.78, 5) is 23.1. The van der Waals surface area contributed by atoms with Gasteiger partial charge in [0.25, 0.3) is 0 Å². The van der Waals surface area contributed by atoms with Crippen LogP contribution in [0.1, 0.15) is 17.3 Å². The lowest BCUT2D eigenvalue weighted by molar-refractivity contribution is -0.131. The number of esters is 2. The van der Waals surface area contributed by atoms with Gasteiger partial charge in [0, 0.05) is 10.5 Å². The molecule has 102 valence electrons. The van der Waals surface area contributed by atoms with E-state index in [2.05, 4.69) is 22.6 Å². The highest BCUT2D eigenvalue weighted by Crippen LogP contribution is 2.21. The third kappa shape index (κ3) is 3.80. The lowest BCUT2D eigenvalue weighted by Gasteiger charge is -2.08. The van der Waals surface area contributed by atoms with Gasteiger partial charge in [-0.05, 0) is 59.0 Å². The highest BCUT2D eigenvalue weighted by Gasteiger charge is 2.15. The molecule has 0 bridgehead atoms. The molecule has 0 saturated heterocycles. The molecule has 0 aromatic heterocycles. The zero-order valence-corrected chi connectivity index (χ0v) is 12.8. The molecule has 0 atom stereocenters. The molecule has 4 nitrogen and oxygen atoms in total. The second kappa shape index (κ2) is 6.51. The Morgan fingerprint density at radius 3 is 2.25 bits per heavy atom. The zero-order valence-electron chi connectivity index (χ0n) is 10.6. The van der Waals surface area contributed by atoms with Crippen molar-refractivity contribution >= 4 is 34.5 Å². The Labute approximate surface area is 129 Å². The molecule has 0 heterocycles. The summed E-state index contributed by atoms with van der Waals surface area (Å²) >= 11 is 2.16. The lowest BCUT2D eigenvalue weighted by Crippen LogP contribution is -2.12. The fraction of sp³-hybridized carbons (Fsp3) is 0.0667. The summed E-state index contributed by atoms with van der Waals surface area (Å²) < 4.78 is 11.3.